The molecule has 0 aromatic heterocycles. The molecule has 0 N–H and O–H groups in total. The van der Waals surface area contributed by atoms with E-state index in [0.717, 1.165) is 0 Å². The number of halogens is 2. The zero-order valence-electron chi connectivity index (χ0n) is 11.8. The molecular formula is C14H16ClFO4. The standard InChI is InChI=1S/C14H16ClFO4/c1-7(5-11(17)19-3)13(18)9-6-10(15)14(20-4)8(2)12(9)16/h6-7H,5H2,1-4H3. The predicted molar refractivity (Wildman–Crippen MR) is 72.8 cm³/mol. The summed E-state index contributed by atoms with van der Waals surface area (Å²) in [6, 6.07) is 1.22. The van der Waals surface area contributed by atoms with Crippen LogP contribution in [0.15, 0.2) is 6.07 Å². The number of methoxy groups -OCH3 is 2. The normalized spacial score (nSPS) is 11.9. The van der Waals surface area contributed by atoms with Crippen LogP contribution in [0.3, 0.4) is 0 Å². The molecule has 6 heteroatoms. The Kier molecular flexibility index (Phi) is 5.51. The minimum atomic E-state index is -0.694. The predicted octanol–water partition coefficient (Wildman–Crippen LogP) is 3.18. The Bertz CT molecular complexity index is 542. The number of hydrogen-bond donors (Lipinski definition) is 0. The molecule has 0 amide bonds. The van der Waals surface area contributed by atoms with Crippen LogP contribution in [-0.2, 0) is 9.53 Å². The number of Topliss-reactive ketones (excluding diaryl/α,β-unsaturated/α-hetero) is 1. The van der Waals surface area contributed by atoms with Crippen LogP contribution in [-0.4, -0.2) is 26.0 Å². The van der Waals surface area contributed by atoms with Gasteiger partial charge in [-0.25, -0.2) is 4.39 Å². The average molecular weight is 303 g/mol. The summed E-state index contributed by atoms with van der Waals surface area (Å²) in [5.74, 6) is -2.21. The van der Waals surface area contributed by atoms with Gasteiger partial charge in [-0.3, -0.25) is 9.59 Å². The van der Waals surface area contributed by atoms with Crippen molar-refractivity contribution in [3.63, 3.8) is 0 Å². The third kappa shape index (κ3) is 3.28. The third-order valence-electron chi connectivity index (χ3n) is 3.01. The molecule has 1 atom stereocenters. The zero-order chi connectivity index (χ0) is 15.4. The summed E-state index contributed by atoms with van der Waals surface area (Å²) in [6.45, 7) is 3.01. The van der Waals surface area contributed by atoms with E-state index in [4.69, 9.17) is 16.3 Å². The lowest BCUT2D eigenvalue weighted by Gasteiger charge is -2.14. The monoisotopic (exact) mass is 302 g/mol. The maximum absolute atomic E-state index is 14.2. The van der Waals surface area contributed by atoms with E-state index in [1.165, 1.54) is 34.1 Å². The Hall–Kier alpha value is -1.62. The number of carbonyl (C=O) groups is 2. The highest BCUT2D eigenvalue weighted by molar-refractivity contribution is 6.32. The number of ketones is 1. The summed E-state index contributed by atoms with van der Waals surface area (Å²) in [5, 5.41) is 0.153. The van der Waals surface area contributed by atoms with Gasteiger partial charge < -0.3 is 9.47 Å². The van der Waals surface area contributed by atoms with Crippen molar-refractivity contribution in [1.82, 2.24) is 0 Å². The number of hydrogen-bond acceptors (Lipinski definition) is 4. The molecule has 0 spiro atoms. The van der Waals surface area contributed by atoms with Crippen molar-refractivity contribution in [3.05, 3.63) is 28.0 Å². The van der Waals surface area contributed by atoms with Gasteiger partial charge in [0.25, 0.3) is 0 Å². The SMILES string of the molecule is COC(=O)CC(C)C(=O)c1cc(Cl)c(OC)c(C)c1F. The van der Waals surface area contributed by atoms with Crippen LogP contribution in [0.4, 0.5) is 4.39 Å². The van der Waals surface area contributed by atoms with Crippen LogP contribution in [0.5, 0.6) is 5.75 Å². The fourth-order valence-electron chi connectivity index (χ4n) is 1.86. The van der Waals surface area contributed by atoms with Gasteiger partial charge in [0, 0.05) is 11.5 Å². The maximum atomic E-state index is 14.2. The number of carbonyl (C=O) groups excluding carboxylic acids is 2. The first kappa shape index (κ1) is 16.4. The highest BCUT2D eigenvalue weighted by Crippen LogP contribution is 2.33. The second-order valence-corrected chi connectivity index (χ2v) is 4.83. The van der Waals surface area contributed by atoms with Crippen LogP contribution in [0.1, 0.15) is 29.3 Å². The largest absolute Gasteiger partial charge is 0.495 e. The van der Waals surface area contributed by atoms with Gasteiger partial charge in [0.1, 0.15) is 11.6 Å². The number of benzene rings is 1. The Morgan fingerprint density at radius 3 is 2.50 bits per heavy atom. The summed E-state index contributed by atoms with van der Waals surface area (Å²) >= 11 is 5.95. The molecule has 0 aliphatic heterocycles. The molecule has 0 fully saturated rings. The summed E-state index contributed by atoms with van der Waals surface area (Å²) < 4.78 is 23.7. The van der Waals surface area contributed by atoms with Crippen LogP contribution in [0, 0.1) is 18.7 Å². The Balaban J connectivity index is 3.14. The Morgan fingerprint density at radius 2 is 2.00 bits per heavy atom. The van der Waals surface area contributed by atoms with Crippen molar-refractivity contribution in [2.75, 3.05) is 14.2 Å². The smallest absolute Gasteiger partial charge is 0.306 e. The van der Waals surface area contributed by atoms with E-state index >= 15 is 0 Å². The van der Waals surface area contributed by atoms with Crippen molar-refractivity contribution < 1.29 is 23.5 Å². The molecule has 0 saturated heterocycles. The molecule has 0 heterocycles. The van der Waals surface area contributed by atoms with Crippen LogP contribution in [0.25, 0.3) is 0 Å². The van der Waals surface area contributed by atoms with Crippen molar-refractivity contribution in [3.8, 4) is 5.75 Å². The Morgan fingerprint density at radius 1 is 1.40 bits per heavy atom. The second-order valence-electron chi connectivity index (χ2n) is 4.42. The van der Waals surface area contributed by atoms with Gasteiger partial charge in [0.05, 0.1) is 31.2 Å². The number of ether oxygens (including phenoxy) is 2. The summed E-state index contributed by atoms with van der Waals surface area (Å²) in [4.78, 5) is 23.3. The lowest BCUT2D eigenvalue weighted by molar-refractivity contribution is -0.141. The van der Waals surface area contributed by atoms with Gasteiger partial charge in [-0.05, 0) is 13.0 Å². The van der Waals surface area contributed by atoms with E-state index in [0.29, 0.717) is 0 Å². The first-order chi connectivity index (χ1) is 9.33. The van der Waals surface area contributed by atoms with Crippen LogP contribution >= 0.6 is 11.6 Å². The molecule has 0 saturated carbocycles. The lowest BCUT2D eigenvalue weighted by Crippen LogP contribution is -2.18. The molecule has 20 heavy (non-hydrogen) atoms. The van der Waals surface area contributed by atoms with E-state index in [1.54, 1.807) is 0 Å². The number of esters is 1. The highest BCUT2D eigenvalue weighted by Gasteiger charge is 2.25. The highest BCUT2D eigenvalue weighted by atomic mass is 35.5. The van der Waals surface area contributed by atoms with Gasteiger partial charge in [-0.1, -0.05) is 18.5 Å². The molecular weight excluding hydrogens is 287 g/mol. The van der Waals surface area contributed by atoms with Gasteiger partial charge in [-0.2, -0.15) is 0 Å². The van der Waals surface area contributed by atoms with E-state index in [2.05, 4.69) is 4.74 Å². The van der Waals surface area contributed by atoms with Crippen molar-refractivity contribution >= 4 is 23.4 Å². The first-order valence-electron chi connectivity index (χ1n) is 5.97. The summed E-state index contributed by atoms with van der Waals surface area (Å²) in [6.07, 6.45) is -0.114. The van der Waals surface area contributed by atoms with Gasteiger partial charge in [0.15, 0.2) is 5.78 Å². The summed E-state index contributed by atoms with van der Waals surface area (Å²) in [5.41, 5.74) is 0.0123. The maximum Gasteiger partial charge on any atom is 0.306 e. The molecule has 1 unspecified atom stereocenters. The fourth-order valence-corrected chi connectivity index (χ4v) is 2.19. The minimum Gasteiger partial charge on any atom is -0.495 e. The molecule has 0 bridgehead atoms. The Labute approximate surface area is 121 Å². The lowest BCUT2D eigenvalue weighted by atomic mass is 9.94. The van der Waals surface area contributed by atoms with Gasteiger partial charge in [-0.15, -0.1) is 0 Å². The van der Waals surface area contributed by atoms with E-state index in [1.807, 2.05) is 0 Å². The van der Waals surface area contributed by atoms with Crippen LogP contribution < -0.4 is 4.74 Å². The number of rotatable bonds is 5. The average Bonchev–Trinajstić information content (AvgIpc) is 2.42. The third-order valence-corrected chi connectivity index (χ3v) is 3.29. The molecule has 0 aliphatic rings. The second kappa shape index (κ2) is 6.70. The molecule has 4 nitrogen and oxygen atoms in total. The molecule has 1 aromatic carbocycles. The van der Waals surface area contributed by atoms with Crippen molar-refractivity contribution in [2.24, 2.45) is 5.92 Å². The molecule has 0 radical (unpaired) electrons. The van der Waals surface area contributed by atoms with Gasteiger partial charge >= 0.3 is 5.97 Å². The van der Waals surface area contributed by atoms with Crippen molar-refractivity contribution in [2.45, 2.75) is 20.3 Å². The van der Waals surface area contributed by atoms with E-state index in [9.17, 15) is 14.0 Å². The van der Waals surface area contributed by atoms with E-state index in [-0.39, 0.29) is 28.3 Å². The first-order valence-corrected chi connectivity index (χ1v) is 6.34. The quantitative estimate of drug-likeness (QED) is 0.619. The van der Waals surface area contributed by atoms with Gasteiger partial charge in [0.2, 0.25) is 0 Å². The summed E-state index contributed by atoms with van der Waals surface area (Å²) in [7, 11) is 2.60. The van der Waals surface area contributed by atoms with E-state index < -0.39 is 23.5 Å². The van der Waals surface area contributed by atoms with Crippen molar-refractivity contribution in [1.29, 1.82) is 0 Å². The molecule has 1 rings (SSSR count). The zero-order valence-corrected chi connectivity index (χ0v) is 12.5. The minimum absolute atomic E-state index is 0.114. The van der Waals surface area contributed by atoms with Crippen LogP contribution in [0.2, 0.25) is 5.02 Å². The fraction of sp³-hybridized carbons (Fsp3) is 0.429. The molecule has 0 aliphatic carbocycles. The molecule has 1 aromatic rings. The molecule has 110 valence electrons. The topological polar surface area (TPSA) is 52.6 Å².